The molecule has 6 heteroatoms. The van der Waals surface area contributed by atoms with Gasteiger partial charge in [-0.25, -0.2) is 4.39 Å². The summed E-state index contributed by atoms with van der Waals surface area (Å²) in [5, 5.41) is 0. The van der Waals surface area contributed by atoms with Crippen LogP contribution in [0, 0.1) is 5.82 Å². The molecule has 2 heterocycles. The molecule has 1 aromatic heterocycles. The second kappa shape index (κ2) is 6.42. The highest BCUT2D eigenvalue weighted by molar-refractivity contribution is 5.87. The Labute approximate surface area is 134 Å². The summed E-state index contributed by atoms with van der Waals surface area (Å²) in [5.74, 6) is -0.434. The number of morpholine rings is 1. The van der Waals surface area contributed by atoms with Gasteiger partial charge in [-0.05, 0) is 26.0 Å². The lowest BCUT2D eigenvalue weighted by Crippen LogP contribution is -2.46. The maximum absolute atomic E-state index is 14.7. The van der Waals surface area contributed by atoms with Crippen molar-refractivity contribution in [1.82, 2.24) is 9.97 Å². The smallest absolute Gasteiger partial charge is 0.152 e. The Hall–Kier alpha value is -2.34. The van der Waals surface area contributed by atoms with E-state index in [9.17, 15) is 9.18 Å². The third kappa shape index (κ3) is 3.22. The van der Waals surface area contributed by atoms with Crippen LogP contribution in [-0.4, -0.2) is 41.6 Å². The zero-order valence-corrected chi connectivity index (χ0v) is 13.1. The highest BCUT2D eigenvalue weighted by Gasteiger charge is 2.26. The number of aldehydes is 1. The number of aromatic nitrogens is 2. The number of ether oxygens (including phenoxy) is 1. The second-order valence-electron chi connectivity index (χ2n) is 5.77. The Balaban J connectivity index is 2.03. The predicted octanol–water partition coefficient (Wildman–Crippen LogP) is 2.71. The summed E-state index contributed by atoms with van der Waals surface area (Å²) in [4.78, 5) is 21.5. The molecule has 1 saturated heterocycles. The first-order valence-electron chi connectivity index (χ1n) is 7.54. The number of anilines is 1. The summed E-state index contributed by atoms with van der Waals surface area (Å²) in [5.41, 5.74) is 1.71. The maximum atomic E-state index is 14.7. The third-order valence-electron chi connectivity index (χ3n) is 3.81. The van der Waals surface area contributed by atoms with Crippen LogP contribution in [0.15, 0.2) is 30.7 Å². The molecule has 1 fully saturated rings. The van der Waals surface area contributed by atoms with Gasteiger partial charge in [-0.1, -0.05) is 0 Å². The van der Waals surface area contributed by atoms with Crippen LogP contribution in [0.5, 0.6) is 0 Å². The third-order valence-corrected chi connectivity index (χ3v) is 3.81. The van der Waals surface area contributed by atoms with E-state index >= 15 is 0 Å². The monoisotopic (exact) mass is 315 g/mol. The Morgan fingerprint density at radius 2 is 2.00 bits per heavy atom. The predicted molar refractivity (Wildman–Crippen MR) is 85.0 cm³/mol. The number of nitrogens with zero attached hydrogens (tertiary/aromatic N) is 3. The lowest BCUT2D eigenvalue weighted by atomic mass is 10.0. The number of carbonyl (C=O) groups is 1. The molecule has 0 N–H and O–H groups in total. The van der Waals surface area contributed by atoms with Crippen LogP contribution in [0.4, 0.5) is 10.1 Å². The standard InChI is InChI=1S/C17H18FN3O2/c1-11-8-21(9-12(2)23-11)17-14(10-22)5-13(6-15(17)18)16-7-19-3-4-20-16/h3-7,10-12H,8-9H2,1-2H3. The van der Waals surface area contributed by atoms with E-state index in [0.717, 1.165) is 0 Å². The van der Waals surface area contributed by atoms with Gasteiger partial charge in [0, 0.05) is 36.6 Å². The zero-order chi connectivity index (χ0) is 16.4. The Morgan fingerprint density at radius 3 is 2.61 bits per heavy atom. The number of rotatable bonds is 3. The lowest BCUT2D eigenvalue weighted by molar-refractivity contribution is -0.00543. The molecule has 0 bridgehead atoms. The van der Waals surface area contributed by atoms with Crippen LogP contribution in [0.1, 0.15) is 24.2 Å². The molecule has 1 aliphatic rings. The molecule has 5 nitrogen and oxygen atoms in total. The van der Waals surface area contributed by atoms with Crippen molar-refractivity contribution >= 4 is 12.0 Å². The Kier molecular flexibility index (Phi) is 4.34. The Bertz CT molecular complexity index is 698. The average molecular weight is 315 g/mol. The van der Waals surface area contributed by atoms with Crippen molar-refractivity contribution in [2.75, 3.05) is 18.0 Å². The maximum Gasteiger partial charge on any atom is 0.152 e. The number of carbonyl (C=O) groups excluding carboxylic acids is 1. The van der Waals surface area contributed by atoms with Crippen LogP contribution in [0.3, 0.4) is 0 Å². The van der Waals surface area contributed by atoms with E-state index in [1.807, 2.05) is 18.7 Å². The first-order valence-corrected chi connectivity index (χ1v) is 7.54. The van der Waals surface area contributed by atoms with Crippen LogP contribution < -0.4 is 4.90 Å². The molecule has 2 aromatic rings. The molecule has 0 spiro atoms. The van der Waals surface area contributed by atoms with Crippen molar-refractivity contribution in [3.63, 3.8) is 0 Å². The molecular weight excluding hydrogens is 297 g/mol. The van der Waals surface area contributed by atoms with Gasteiger partial charge in [-0.3, -0.25) is 14.8 Å². The van der Waals surface area contributed by atoms with Gasteiger partial charge in [0.15, 0.2) is 6.29 Å². The van der Waals surface area contributed by atoms with Gasteiger partial charge in [-0.15, -0.1) is 0 Å². The highest BCUT2D eigenvalue weighted by Crippen LogP contribution is 2.31. The van der Waals surface area contributed by atoms with Crippen molar-refractivity contribution < 1.29 is 13.9 Å². The number of halogens is 1. The van der Waals surface area contributed by atoms with Crippen molar-refractivity contribution in [2.45, 2.75) is 26.1 Å². The summed E-state index contributed by atoms with van der Waals surface area (Å²) in [6.07, 6.45) is 5.28. The minimum Gasteiger partial charge on any atom is -0.372 e. The number of hydrogen-bond acceptors (Lipinski definition) is 5. The minimum absolute atomic E-state index is 0.0164. The van der Waals surface area contributed by atoms with Gasteiger partial charge in [0.05, 0.1) is 29.8 Å². The molecule has 1 aliphatic heterocycles. The lowest BCUT2D eigenvalue weighted by Gasteiger charge is -2.37. The molecule has 120 valence electrons. The van der Waals surface area contributed by atoms with Crippen molar-refractivity contribution in [2.24, 2.45) is 0 Å². The van der Waals surface area contributed by atoms with E-state index in [0.29, 0.717) is 41.9 Å². The quantitative estimate of drug-likeness (QED) is 0.815. The minimum atomic E-state index is -0.434. The van der Waals surface area contributed by atoms with Gasteiger partial charge in [0.1, 0.15) is 5.82 Å². The normalized spacial score (nSPS) is 21.3. The van der Waals surface area contributed by atoms with Crippen LogP contribution in [-0.2, 0) is 4.74 Å². The van der Waals surface area contributed by atoms with E-state index in [1.54, 1.807) is 18.5 Å². The van der Waals surface area contributed by atoms with Gasteiger partial charge in [-0.2, -0.15) is 0 Å². The van der Waals surface area contributed by atoms with Crippen LogP contribution in [0.25, 0.3) is 11.3 Å². The van der Waals surface area contributed by atoms with Crippen LogP contribution in [0.2, 0.25) is 0 Å². The molecule has 1 aromatic carbocycles. The molecular formula is C17H18FN3O2. The summed E-state index contributed by atoms with van der Waals surface area (Å²) in [7, 11) is 0. The molecule has 0 saturated carbocycles. The molecule has 0 aliphatic carbocycles. The van der Waals surface area contributed by atoms with Gasteiger partial charge < -0.3 is 9.64 Å². The van der Waals surface area contributed by atoms with E-state index in [1.165, 1.54) is 12.3 Å². The fourth-order valence-electron chi connectivity index (χ4n) is 3.00. The topological polar surface area (TPSA) is 55.3 Å². The van der Waals surface area contributed by atoms with Gasteiger partial charge >= 0.3 is 0 Å². The van der Waals surface area contributed by atoms with Crippen molar-refractivity contribution in [1.29, 1.82) is 0 Å². The molecule has 3 rings (SSSR count). The highest BCUT2D eigenvalue weighted by atomic mass is 19.1. The summed E-state index contributed by atoms with van der Waals surface area (Å²) in [6, 6.07) is 3.05. The first kappa shape index (κ1) is 15.6. The SMILES string of the molecule is CC1CN(c2c(F)cc(-c3cnccn3)cc2C=O)CC(C)O1. The summed E-state index contributed by atoms with van der Waals surface area (Å²) >= 11 is 0. The fourth-order valence-corrected chi connectivity index (χ4v) is 3.00. The average Bonchev–Trinajstić information content (AvgIpc) is 2.53. The molecule has 23 heavy (non-hydrogen) atoms. The molecule has 0 amide bonds. The molecule has 2 atom stereocenters. The molecule has 0 radical (unpaired) electrons. The largest absolute Gasteiger partial charge is 0.372 e. The van der Waals surface area contributed by atoms with E-state index in [4.69, 9.17) is 4.74 Å². The zero-order valence-electron chi connectivity index (χ0n) is 13.1. The fraction of sp³-hybridized carbons (Fsp3) is 0.353. The Morgan fingerprint density at radius 1 is 1.26 bits per heavy atom. The van der Waals surface area contributed by atoms with Crippen LogP contribution >= 0.6 is 0 Å². The summed E-state index contributed by atoms with van der Waals surface area (Å²) in [6.45, 7) is 4.98. The van der Waals surface area contributed by atoms with E-state index in [-0.39, 0.29) is 12.2 Å². The van der Waals surface area contributed by atoms with Crippen molar-refractivity contribution in [3.8, 4) is 11.3 Å². The van der Waals surface area contributed by atoms with E-state index < -0.39 is 5.82 Å². The molecule has 2 unspecified atom stereocenters. The van der Waals surface area contributed by atoms with Crippen molar-refractivity contribution in [3.05, 3.63) is 42.1 Å². The second-order valence-corrected chi connectivity index (χ2v) is 5.77. The van der Waals surface area contributed by atoms with E-state index in [2.05, 4.69) is 9.97 Å². The summed E-state index contributed by atoms with van der Waals surface area (Å²) < 4.78 is 20.4. The number of hydrogen-bond donors (Lipinski definition) is 0. The van der Waals surface area contributed by atoms with Gasteiger partial charge in [0.25, 0.3) is 0 Å². The van der Waals surface area contributed by atoms with Gasteiger partial charge in [0.2, 0.25) is 0 Å². The first-order chi connectivity index (χ1) is 11.1. The number of benzene rings is 1.